The zero-order valence-corrected chi connectivity index (χ0v) is 25.4. The first-order chi connectivity index (χ1) is 19.5. The number of rotatable bonds is 5. The van der Waals surface area contributed by atoms with Crippen LogP contribution in [0.25, 0.3) is 0 Å². The number of halogens is 3. The van der Waals surface area contributed by atoms with Crippen LogP contribution < -0.4 is 9.64 Å². The zero-order valence-electron chi connectivity index (χ0n) is 22.3. The van der Waals surface area contributed by atoms with E-state index < -0.39 is 45.2 Å². The molecular weight excluding hydrogens is 635 g/mol. The lowest BCUT2D eigenvalue weighted by atomic mass is 9.56. The van der Waals surface area contributed by atoms with E-state index in [0.29, 0.717) is 16.8 Å². The Morgan fingerprint density at radius 3 is 2.37 bits per heavy atom. The molecule has 41 heavy (non-hydrogen) atoms. The van der Waals surface area contributed by atoms with Crippen molar-refractivity contribution in [1.82, 2.24) is 4.90 Å². The Bertz CT molecular complexity index is 1530. The van der Waals surface area contributed by atoms with Gasteiger partial charge in [-0.25, -0.2) is 0 Å². The number of carbonyl (C=O) groups excluding carboxylic acids is 4. The van der Waals surface area contributed by atoms with Gasteiger partial charge in [0, 0.05) is 5.92 Å². The number of aromatic hydroxyl groups is 1. The monoisotopic (exact) mass is 660 g/mol. The van der Waals surface area contributed by atoms with Crippen molar-refractivity contribution in [2.45, 2.75) is 41.9 Å². The average molecular weight is 662 g/mol. The molecule has 0 bridgehead atoms. The van der Waals surface area contributed by atoms with Gasteiger partial charge in [0.15, 0.2) is 21.2 Å². The van der Waals surface area contributed by atoms with E-state index in [-0.39, 0.29) is 41.6 Å². The number of methoxy groups -OCH3 is 1. The molecule has 6 atom stereocenters. The van der Waals surface area contributed by atoms with Crippen molar-refractivity contribution >= 4 is 68.4 Å². The summed E-state index contributed by atoms with van der Waals surface area (Å²) in [5.74, 6) is -4.92. The summed E-state index contributed by atoms with van der Waals surface area (Å²) >= 11 is 17.7. The van der Waals surface area contributed by atoms with Gasteiger partial charge in [-0.1, -0.05) is 52.7 Å². The summed E-state index contributed by atoms with van der Waals surface area (Å²) < 4.78 is 5.33. The Labute approximate surface area is 255 Å². The molecule has 11 heteroatoms. The molecule has 2 saturated heterocycles. The van der Waals surface area contributed by atoms with Gasteiger partial charge < -0.3 is 9.84 Å². The number of phenolic OH excluding ortho intramolecular Hbond substituents is 1. The van der Waals surface area contributed by atoms with Crippen LogP contribution in [0.1, 0.15) is 36.8 Å². The molecule has 2 aromatic rings. The Morgan fingerprint density at radius 2 is 1.73 bits per heavy atom. The number of fused-ring (bicyclic) bond motifs is 4. The van der Waals surface area contributed by atoms with E-state index in [1.165, 1.54) is 18.1 Å². The fourth-order valence-corrected chi connectivity index (χ4v) is 8.56. The summed E-state index contributed by atoms with van der Waals surface area (Å²) in [7, 11) is 1.40. The van der Waals surface area contributed by atoms with Gasteiger partial charge in [0.25, 0.3) is 11.8 Å². The first kappa shape index (κ1) is 28.2. The van der Waals surface area contributed by atoms with Crippen LogP contribution in [0.15, 0.2) is 54.1 Å². The second-order valence-corrected chi connectivity index (χ2v) is 12.7. The molecule has 6 unspecified atom stereocenters. The predicted octanol–water partition coefficient (Wildman–Crippen LogP) is 4.88. The van der Waals surface area contributed by atoms with Crippen molar-refractivity contribution in [2.24, 2.45) is 17.8 Å². The van der Waals surface area contributed by atoms with Gasteiger partial charge in [0.05, 0.1) is 30.1 Å². The maximum Gasteiger partial charge on any atom is 0.254 e. The van der Waals surface area contributed by atoms with Gasteiger partial charge in [0.2, 0.25) is 11.8 Å². The number of carbonyl (C=O) groups is 4. The lowest BCUT2D eigenvalue weighted by Crippen LogP contribution is -2.60. The van der Waals surface area contributed by atoms with Gasteiger partial charge in [-0.15, -0.1) is 23.2 Å². The van der Waals surface area contributed by atoms with Crippen LogP contribution in [0, 0.1) is 17.8 Å². The fraction of sp³-hybridized carbons (Fsp3) is 0.400. The van der Waals surface area contributed by atoms with E-state index >= 15 is 0 Å². The smallest absolute Gasteiger partial charge is 0.254 e. The normalized spacial score (nSPS) is 32.6. The molecule has 1 N–H and O–H groups in total. The molecule has 4 amide bonds. The molecule has 8 nitrogen and oxygen atoms in total. The minimum Gasteiger partial charge on any atom is -0.504 e. The summed E-state index contributed by atoms with van der Waals surface area (Å²) in [6, 6.07) is 11.9. The van der Waals surface area contributed by atoms with Gasteiger partial charge >= 0.3 is 0 Å². The number of hydrogen-bond donors (Lipinski definition) is 1. The zero-order chi connectivity index (χ0) is 29.4. The lowest BCUT2D eigenvalue weighted by Gasteiger charge is -2.50. The number of imide groups is 2. The first-order valence-electron chi connectivity index (χ1n) is 13.4. The number of alkyl halides is 3. The number of phenols is 1. The molecule has 2 aliphatic carbocycles. The summed E-state index contributed by atoms with van der Waals surface area (Å²) in [6.07, 6.45) is 2.87. The minimum absolute atomic E-state index is 0.0908. The van der Waals surface area contributed by atoms with Crippen LogP contribution in [0.5, 0.6) is 11.5 Å². The summed E-state index contributed by atoms with van der Waals surface area (Å²) in [5, 5.41) is 10.3. The van der Waals surface area contributed by atoms with Crippen molar-refractivity contribution in [3.05, 3.63) is 65.2 Å². The molecule has 0 radical (unpaired) electrons. The molecule has 2 aromatic carbocycles. The van der Waals surface area contributed by atoms with Crippen LogP contribution in [-0.2, 0) is 25.6 Å². The highest BCUT2D eigenvalue weighted by atomic mass is 79.9. The SMILES string of the molecule is CCc1ccc(N2C(=O)C3CC=C4C(CC5(Cl)C(=O)N(CBr)C(=O)C5(Cl)C4c4ccc(O)c(OC)c4)C3C2=O)cc1. The van der Waals surface area contributed by atoms with E-state index in [4.69, 9.17) is 27.9 Å². The molecule has 3 fully saturated rings. The summed E-state index contributed by atoms with van der Waals surface area (Å²) in [6.45, 7) is 2.02. The topological polar surface area (TPSA) is 104 Å². The number of likely N-dealkylation sites (tertiary alicyclic amines) is 1. The quantitative estimate of drug-likeness (QED) is 0.212. The van der Waals surface area contributed by atoms with Crippen molar-refractivity contribution in [2.75, 3.05) is 17.5 Å². The van der Waals surface area contributed by atoms with Gasteiger partial charge in [-0.05, 0) is 60.6 Å². The van der Waals surface area contributed by atoms with Gasteiger partial charge in [-0.2, -0.15) is 0 Å². The van der Waals surface area contributed by atoms with E-state index in [2.05, 4.69) is 15.9 Å². The predicted molar refractivity (Wildman–Crippen MR) is 156 cm³/mol. The van der Waals surface area contributed by atoms with Crippen LogP contribution in [-0.4, -0.2) is 55.9 Å². The number of amides is 4. The molecular formula is C30H27BrCl2N2O6. The second-order valence-electron chi connectivity index (χ2n) is 10.9. The van der Waals surface area contributed by atoms with Crippen molar-refractivity contribution < 1.29 is 29.0 Å². The Balaban J connectivity index is 1.50. The number of nitrogens with zero attached hydrogens (tertiary/aromatic N) is 2. The molecule has 214 valence electrons. The summed E-state index contributed by atoms with van der Waals surface area (Å²) in [4.78, 5) is 53.7. The third-order valence-corrected chi connectivity index (χ3v) is 11.1. The number of allylic oxidation sites excluding steroid dienone is 2. The van der Waals surface area contributed by atoms with E-state index in [9.17, 15) is 24.3 Å². The third-order valence-electron chi connectivity index (χ3n) is 9.15. The van der Waals surface area contributed by atoms with Crippen molar-refractivity contribution in [1.29, 1.82) is 0 Å². The van der Waals surface area contributed by atoms with Crippen LogP contribution >= 0.6 is 39.1 Å². The van der Waals surface area contributed by atoms with Gasteiger partial charge in [-0.3, -0.25) is 29.0 Å². The summed E-state index contributed by atoms with van der Waals surface area (Å²) in [5.41, 5.74) is 2.64. The Hall–Kier alpha value is -2.88. The standard InChI is InChI=1S/C30H27BrCl2N2O6/c1-3-15-4-7-17(8-5-15)35-25(37)19-10-9-18-20(23(19)26(35)38)13-29(32)27(39)34(14-31)28(40)30(29,33)24(18)16-6-11-21(36)22(12-16)41-2/h4-9,11-12,19-20,23-24,36H,3,10,13-14H2,1-2H3. The number of benzene rings is 2. The lowest BCUT2D eigenvalue weighted by molar-refractivity contribution is -0.138. The van der Waals surface area contributed by atoms with Crippen molar-refractivity contribution in [3.63, 3.8) is 0 Å². The van der Waals surface area contributed by atoms with Gasteiger partial charge in [0.1, 0.15) is 0 Å². The van der Waals surface area contributed by atoms with Crippen LogP contribution in [0.2, 0.25) is 0 Å². The number of aryl methyl sites for hydroxylation is 1. The molecule has 2 aliphatic heterocycles. The largest absolute Gasteiger partial charge is 0.504 e. The first-order valence-corrected chi connectivity index (χ1v) is 15.2. The number of anilines is 1. The number of ether oxygens (including phenoxy) is 1. The van der Waals surface area contributed by atoms with E-state index in [1.807, 2.05) is 25.1 Å². The fourth-order valence-electron chi connectivity index (χ4n) is 7.14. The third kappa shape index (κ3) is 3.71. The molecule has 4 aliphatic rings. The Kier molecular flexibility index (Phi) is 6.79. The van der Waals surface area contributed by atoms with Crippen molar-refractivity contribution in [3.8, 4) is 11.5 Å². The highest BCUT2D eigenvalue weighted by Gasteiger charge is 2.76. The Morgan fingerprint density at radius 1 is 1.02 bits per heavy atom. The second kappa shape index (κ2) is 9.85. The molecule has 1 saturated carbocycles. The maximum atomic E-state index is 14.1. The maximum absolute atomic E-state index is 14.1. The number of hydrogen-bond acceptors (Lipinski definition) is 6. The molecule has 0 aromatic heterocycles. The molecule has 0 spiro atoms. The van der Waals surface area contributed by atoms with E-state index in [0.717, 1.165) is 16.9 Å². The molecule has 6 rings (SSSR count). The molecule has 2 heterocycles. The highest BCUT2D eigenvalue weighted by molar-refractivity contribution is 9.09. The highest BCUT2D eigenvalue weighted by Crippen LogP contribution is 2.65. The van der Waals surface area contributed by atoms with E-state index in [1.54, 1.807) is 24.3 Å². The minimum atomic E-state index is -1.92. The average Bonchev–Trinajstić information content (AvgIpc) is 3.31. The van der Waals surface area contributed by atoms with Crippen LogP contribution in [0.3, 0.4) is 0 Å². The van der Waals surface area contributed by atoms with Crippen LogP contribution in [0.4, 0.5) is 5.69 Å².